The molecule has 0 saturated carbocycles. The highest BCUT2D eigenvalue weighted by Gasteiger charge is 2.24. The van der Waals surface area contributed by atoms with Crippen molar-refractivity contribution in [1.82, 2.24) is 10.3 Å². The van der Waals surface area contributed by atoms with Gasteiger partial charge in [-0.05, 0) is 57.0 Å². The third kappa shape index (κ3) is 2.83. The molecule has 3 nitrogen and oxygen atoms in total. The number of methoxy groups -OCH3 is 1. The van der Waals surface area contributed by atoms with Crippen molar-refractivity contribution in [2.24, 2.45) is 0 Å². The first-order chi connectivity index (χ1) is 10.2. The van der Waals surface area contributed by atoms with Gasteiger partial charge in [0.25, 0.3) is 0 Å². The number of thiazole rings is 1. The van der Waals surface area contributed by atoms with Crippen LogP contribution in [0.3, 0.4) is 0 Å². The molecule has 1 heterocycles. The largest absolute Gasteiger partial charge is 0.496 e. The summed E-state index contributed by atoms with van der Waals surface area (Å²) >= 11 is 1.86. The number of likely N-dealkylation sites (N-methyl/N-ethyl adjacent to an activating group) is 1. The second-order valence-electron chi connectivity index (χ2n) is 5.66. The fourth-order valence-corrected chi connectivity index (χ4v) is 4.27. The van der Waals surface area contributed by atoms with Gasteiger partial charge in [0.05, 0.1) is 12.8 Å². The van der Waals surface area contributed by atoms with E-state index in [1.54, 1.807) is 7.11 Å². The second-order valence-corrected chi connectivity index (χ2v) is 6.74. The highest BCUT2D eigenvalue weighted by atomic mass is 32.1. The van der Waals surface area contributed by atoms with Crippen LogP contribution in [0.2, 0.25) is 0 Å². The average molecular weight is 302 g/mol. The molecule has 1 aliphatic carbocycles. The molecule has 2 aromatic rings. The molecule has 3 rings (SSSR count). The molecule has 112 valence electrons. The molecule has 1 atom stereocenters. The average Bonchev–Trinajstić information content (AvgIpc) is 2.92. The van der Waals surface area contributed by atoms with Gasteiger partial charge in [-0.2, -0.15) is 0 Å². The number of fused-ring (bicyclic) bond motifs is 1. The summed E-state index contributed by atoms with van der Waals surface area (Å²) in [6.07, 6.45) is 3.71. The van der Waals surface area contributed by atoms with E-state index in [1.807, 2.05) is 24.5 Å². The molecule has 0 aliphatic heterocycles. The van der Waals surface area contributed by atoms with E-state index in [2.05, 4.69) is 24.4 Å². The predicted octanol–water partition coefficient (Wildman–Crippen LogP) is 3.77. The number of benzene rings is 1. The maximum atomic E-state index is 5.34. The van der Waals surface area contributed by atoms with Gasteiger partial charge in [0.1, 0.15) is 10.8 Å². The third-order valence-electron chi connectivity index (χ3n) is 4.16. The summed E-state index contributed by atoms with van der Waals surface area (Å²) in [6.45, 7) is 3.11. The minimum Gasteiger partial charge on any atom is -0.496 e. The van der Waals surface area contributed by atoms with Gasteiger partial charge < -0.3 is 10.1 Å². The Morgan fingerprint density at radius 3 is 3.00 bits per heavy atom. The fraction of sp³-hybridized carbons (Fsp3) is 0.471. The van der Waals surface area contributed by atoms with E-state index < -0.39 is 0 Å². The number of hydrogen-bond acceptors (Lipinski definition) is 4. The highest BCUT2D eigenvalue weighted by Crippen LogP contribution is 2.38. The molecule has 1 N–H and O–H groups in total. The van der Waals surface area contributed by atoms with Crippen molar-refractivity contribution in [2.45, 2.75) is 32.1 Å². The summed E-state index contributed by atoms with van der Waals surface area (Å²) in [5.74, 6) is 1.51. The van der Waals surface area contributed by atoms with Crippen molar-refractivity contribution in [2.75, 3.05) is 20.7 Å². The lowest BCUT2D eigenvalue weighted by Gasteiger charge is -2.20. The van der Waals surface area contributed by atoms with Crippen molar-refractivity contribution in [3.8, 4) is 16.3 Å². The molecule has 1 aliphatic rings. The first-order valence-corrected chi connectivity index (χ1v) is 8.33. The molecule has 1 aromatic heterocycles. The Morgan fingerprint density at radius 1 is 1.43 bits per heavy atom. The van der Waals surface area contributed by atoms with Crippen molar-refractivity contribution in [1.29, 1.82) is 0 Å². The van der Waals surface area contributed by atoms with E-state index in [1.165, 1.54) is 35.4 Å². The van der Waals surface area contributed by atoms with Crippen LogP contribution in [0.15, 0.2) is 18.2 Å². The van der Waals surface area contributed by atoms with Gasteiger partial charge in [0.15, 0.2) is 0 Å². The maximum absolute atomic E-state index is 5.34. The zero-order chi connectivity index (χ0) is 14.8. The minimum absolute atomic E-state index is 0.572. The maximum Gasteiger partial charge on any atom is 0.123 e. The Labute approximate surface area is 130 Å². The third-order valence-corrected chi connectivity index (χ3v) is 5.34. The quantitative estimate of drug-likeness (QED) is 0.933. The summed E-state index contributed by atoms with van der Waals surface area (Å²) in [4.78, 5) is 6.43. The number of hydrogen-bond donors (Lipinski definition) is 1. The fourth-order valence-electron chi connectivity index (χ4n) is 3.09. The van der Waals surface area contributed by atoms with Gasteiger partial charge in [0, 0.05) is 22.9 Å². The van der Waals surface area contributed by atoms with Crippen molar-refractivity contribution < 1.29 is 4.74 Å². The highest BCUT2D eigenvalue weighted by molar-refractivity contribution is 7.15. The molecule has 1 aromatic carbocycles. The Balaban J connectivity index is 1.95. The van der Waals surface area contributed by atoms with Gasteiger partial charge >= 0.3 is 0 Å². The lowest BCUT2D eigenvalue weighted by atomic mass is 9.91. The number of aryl methyl sites for hydroxylation is 2. The summed E-state index contributed by atoms with van der Waals surface area (Å²) in [6, 6.07) is 6.33. The number of ether oxygens (including phenoxy) is 1. The van der Waals surface area contributed by atoms with E-state index in [4.69, 9.17) is 9.72 Å². The Morgan fingerprint density at radius 2 is 2.29 bits per heavy atom. The first-order valence-electron chi connectivity index (χ1n) is 7.52. The molecular weight excluding hydrogens is 280 g/mol. The van der Waals surface area contributed by atoms with Crippen molar-refractivity contribution in [3.63, 3.8) is 0 Å². The molecule has 4 heteroatoms. The van der Waals surface area contributed by atoms with Crippen molar-refractivity contribution >= 4 is 11.3 Å². The second kappa shape index (κ2) is 6.16. The topological polar surface area (TPSA) is 34.1 Å². The normalized spacial score (nSPS) is 17.6. The molecule has 1 unspecified atom stereocenters. The molecule has 21 heavy (non-hydrogen) atoms. The molecule has 0 saturated heterocycles. The van der Waals surface area contributed by atoms with Crippen LogP contribution in [0.25, 0.3) is 10.6 Å². The molecule has 0 fully saturated rings. The van der Waals surface area contributed by atoms with Crippen LogP contribution in [0, 0.1) is 6.92 Å². The Bertz CT molecular complexity index is 636. The number of nitrogens with one attached hydrogen (secondary N) is 1. The van der Waals surface area contributed by atoms with Gasteiger partial charge in [0.2, 0.25) is 0 Å². The van der Waals surface area contributed by atoms with Gasteiger partial charge in [-0.15, -0.1) is 11.3 Å². The number of rotatable bonds is 4. The lowest BCUT2D eigenvalue weighted by molar-refractivity contribution is 0.412. The van der Waals surface area contributed by atoms with Crippen LogP contribution < -0.4 is 10.1 Å². The predicted molar refractivity (Wildman–Crippen MR) is 88.4 cm³/mol. The molecule has 0 amide bonds. The van der Waals surface area contributed by atoms with Crippen LogP contribution in [0.5, 0.6) is 5.75 Å². The zero-order valence-electron chi connectivity index (χ0n) is 12.9. The Hall–Kier alpha value is -1.39. The monoisotopic (exact) mass is 302 g/mol. The summed E-state index contributed by atoms with van der Waals surface area (Å²) in [5.41, 5.74) is 3.69. The smallest absolute Gasteiger partial charge is 0.123 e. The van der Waals surface area contributed by atoms with Crippen LogP contribution in [0.1, 0.15) is 34.9 Å². The van der Waals surface area contributed by atoms with Crippen LogP contribution in [0.4, 0.5) is 0 Å². The zero-order valence-corrected chi connectivity index (χ0v) is 13.7. The van der Waals surface area contributed by atoms with Crippen LogP contribution in [-0.4, -0.2) is 25.7 Å². The summed E-state index contributed by atoms with van der Waals surface area (Å²) < 4.78 is 5.34. The summed E-state index contributed by atoms with van der Waals surface area (Å²) in [5, 5.41) is 4.45. The van der Waals surface area contributed by atoms with Crippen molar-refractivity contribution in [3.05, 3.63) is 34.3 Å². The molecular formula is C17H22N2OS. The molecule has 0 bridgehead atoms. The number of nitrogens with zero attached hydrogens (tertiary/aromatic N) is 1. The minimum atomic E-state index is 0.572. The lowest BCUT2D eigenvalue weighted by Crippen LogP contribution is -2.20. The molecule has 0 spiro atoms. The van der Waals surface area contributed by atoms with E-state index in [0.717, 1.165) is 22.9 Å². The van der Waals surface area contributed by atoms with Gasteiger partial charge in [-0.3, -0.25) is 0 Å². The van der Waals surface area contributed by atoms with Crippen LogP contribution in [-0.2, 0) is 6.42 Å². The standard InChI is InChI=1S/C17H22N2OS/c1-11-9-12(7-8-14(11)20-3)17-19-16-13(10-18-2)5-4-6-15(16)21-17/h7-9,13,18H,4-6,10H2,1-3H3. The van der Waals surface area contributed by atoms with E-state index >= 15 is 0 Å². The van der Waals surface area contributed by atoms with Crippen LogP contribution >= 0.6 is 11.3 Å². The van der Waals surface area contributed by atoms with Gasteiger partial charge in [-0.25, -0.2) is 4.98 Å². The molecule has 0 radical (unpaired) electrons. The van der Waals surface area contributed by atoms with E-state index in [0.29, 0.717) is 5.92 Å². The van der Waals surface area contributed by atoms with E-state index in [-0.39, 0.29) is 0 Å². The Kier molecular flexibility index (Phi) is 4.27. The SMILES string of the molecule is CNCC1CCCc2sc(-c3ccc(OC)c(C)c3)nc21. The van der Waals surface area contributed by atoms with E-state index in [9.17, 15) is 0 Å². The van der Waals surface area contributed by atoms with Gasteiger partial charge in [-0.1, -0.05) is 0 Å². The first kappa shape index (κ1) is 14.5. The summed E-state index contributed by atoms with van der Waals surface area (Å²) in [7, 11) is 3.74. The number of aromatic nitrogens is 1.